The van der Waals surface area contributed by atoms with Gasteiger partial charge in [0.25, 0.3) is 5.95 Å². The SMILES string of the molecule is CC(NC(=O)Nc1ccc(Cl)c(S(N)(=O)=O)c1)c1ncnn1-c1ncccn1. The van der Waals surface area contributed by atoms with Crippen LogP contribution in [0.4, 0.5) is 10.5 Å². The number of nitrogens with one attached hydrogen (secondary N) is 2. The molecule has 0 aliphatic rings. The van der Waals surface area contributed by atoms with Crippen LogP contribution < -0.4 is 15.8 Å². The van der Waals surface area contributed by atoms with Crippen LogP contribution in [-0.4, -0.2) is 39.2 Å². The first-order chi connectivity index (χ1) is 13.3. The van der Waals surface area contributed by atoms with E-state index >= 15 is 0 Å². The topological polar surface area (TPSA) is 158 Å². The van der Waals surface area contributed by atoms with Crippen LogP contribution in [0, 0.1) is 0 Å². The molecule has 1 unspecified atom stereocenters. The number of halogens is 1. The van der Waals surface area contributed by atoms with Crippen LogP contribution in [0.1, 0.15) is 18.8 Å². The van der Waals surface area contributed by atoms with Crippen molar-refractivity contribution in [3.63, 3.8) is 0 Å². The molecule has 0 bridgehead atoms. The average Bonchev–Trinajstić information content (AvgIpc) is 3.13. The van der Waals surface area contributed by atoms with Crippen molar-refractivity contribution in [2.75, 3.05) is 5.32 Å². The third kappa shape index (κ3) is 4.42. The van der Waals surface area contributed by atoms with Gasteiger partial charge >= 0.3 is 6.03 Å². The van der Waals surface area contributed by atoms with Crippen molar-refractivity contribution in [2.24, 2.45) is 5.14 Å². The lowest BCUT2D eigenvalue weighted by Crippen LogP contribution is -2.32. The Morgan fingerprint density at radius 3 is 2.64 bits per heavy atom. The highest BCUT2D eigenvalue weighted by molar-refractivity contribution is 7.89. The fraction of sp³-hybridized carbons (Fsp3) is 0.133. The summed E-state index contributed by atoms with van der Waals surface area (Å²) in [6.45, 7) is 1.70. The van der Waals surface area contributed by atoms with E-state index in [0.717, 1.165) is 0 Å². The van der Waals surface area contributed by atoms with Gasteiger partial charge in [-0.3, -0.25) is 0 Å². The summed E-state index contributed by atoms with van der Waals surface area (Å²) < 4.78 is 24.5. The Morgan fingerprint density at radius 2 is 1.96 bits per heavy atom. The molecule has 1 atom stereocenters. The zero-order valence-electron chi connectivity index (χ0n) is 14.4. The van der Waals surface area contributed by atoms with Crippen molar-refractivity contribution in [3.8, 4) is 5.95 Å². The van der Waals surface area contributed by atoms with Gasteiger partial charge in [0.05, 0.1) is 11.1 Å². The largest absolute Gasteiger partial charge is 0.328 e. The minimum atomic E-state index is -4.03. The highest BCUT2D eigenvalue weighted by Gasteiger charge is 2.19. The lowest BCUT2D eigenvalue weighted by molar-refractivity contribution is 0.248. The maximum absolute atomic E-state index is 12.3. The van der Waals surface area contributed by atoms with Gasteiger partial charge in [-0.1, -0.05) is 11.6 Å². The molecule has 2 heterocycles. The normalized spacial score (nSPS) is 12.4. The van der Waals surface area contributed by atoms with Crippen molar-refractivity contribution in [2.45, 2.75) is 17.9 Å². The minimum absolute atomic E-state index is 0.0437. The first-order valence-electron chi connectivity index (χ1n) is 7.83. The number of hydrogen-bond donors (Lipinski definition) is 3. The molecule has 28 heavy (non-hydrogen) atoms. The van der Waals surface area contributed by atoms with Gasteiger partial charge in [0, 0.05) is 18.1 Å². The number of benzene rings is 1. The molecule has 0 saturated carbocycles. The summed E-state index contributed by atoms with van der Waals surface area (Å²) in [6, 6.07) is 4.44. The van der Waals surface area contributed by atoms with Crippen molar-refractivity contribution in [1.29, 1.82) is 0 Å². The number of rotatable bonds is 5. The highest BCUT2D eigenvalue weighted by Crippen LogP contribution is 2.24. The number of primary sulfonamides is 1. The number of nitrogens with two attached hydrogens (primary N) is 1. The molecule has 2 amide bonds. The Labute approximate surface area is 165 Å². The van der Waals surface area contributed by atoms with Crippen molar-refractivity contribution >= 4 is 33.3 Å². The third-order valence-corrected chi connectivity index (χ3v) is 4.94. The van der Waals surface area contributed by atoms with Crippen LogP contribution >= 0.6 is 11.6 Å². The predicted octanol–water partition coefficient (Wildman–Crippen LogP) is 1.24. The highest BCUT2D eigenvalue weighted by atomic mass is 35.5. The maximum atomic E-state index is 12.3. The Kier molecular flexibility index (Phi) is 5.53. The Balaban J connectivity index is 1.74. The maximum Gasteiger partial charge on any atom is 0.319 e. The molecule has 4 N–H and O–H groups in total. The second-order valence-corrected chi connectivity index (χ2v) is 7.53. The number of carbonyl (C=O) groups excluding carboxylic acids is 1. The Hall–Kier alpha value is -3.09. The molecule has 0 spiro atoms. The molecule has 0 radical (unpaired) electrons. The van der Waals surface area contributed by atoms with E-state index < -0.39 is 22.1 Å². The molecular weight excluding hydrogens is 408 g/mol. The molecule has 13 heteroatoms. The van der Waals surface area contributed by atoms with E-state index in [1.165, 1.54) is 29.2 Å². The summed E-state index contributed by atoms with van der Waals surface area (Å²) in [7, 11) is -4.03. The zero-order chi connectivity index (χ0) is 20.3. The third-order valence-electron chi connectivity index (χ3n) is 3.55. The number of nitrogens with zero attached hydrogens (tertiary/aromatic N) is 5. The van der Waals surface area contributed by atoms with Crippen molar-refractivity contribution < 1.29 is 13.2 Å². The number of hydrogen-bond acceptors (Lipinski definition) is 7. The zero-order valence-corrected chi connectivity index (χ0v) is 16.0. The van der Waals surface area contributed by atoms with Crippen molar-refractivity contribution in [1.82, 2.24) is 30.0 Å². The molecule has 1 aromatic carbocycles. The van der Waals surface area contributed by atoms with E-state index in [9.17, 15) is 13.2 Å². The van der Waals surface area contributed by atoms with Gasteiger partial charge in [0.15, 0.2) is 5.82 Å². The lowest BCUT2D eigenvalue weighted by atomic mass is 10.3. The van der Waals surface area contributed by atoms with Gasteiger partial charge in [-0.2, -0.15) is 9.78 Å². The van der Waals surface area contributed by atoms with Crippen LogP contribution in [-0.2, 0) is 10.0 Å². The van der Waals surface area contributed by atoms with Gasteiger partial charge in [-0.15, -0.1) is 0 Å². The summed E-state index contributed by atoms with van der Waals surface area (Å²) in [5, 5.41) is 14.3. The number of amides is 2. The average molecular weight is 423 g/mol. The second kappa shape index (κ2) is 7.88. The summed E-state index contributed by atoms with van der Waals surface area (Å²) in [4.78, 5) is 24.3. The molecule has 0 aliphatic heterocycles. The smallest absolute Gasteiger partial charge is 0.319 e. The molecule has 0 fully saturated rings. The van der Waals surface area contributed by atoms with Crippen LogP contribution in [0.15, 0.2) is 47.9 Å². The quantitative estimate of drug-likeness (QED) is 0.557. The number of aromatic nitrogens is 5. The lowest BCUT2D eigenvalue weighted by Gasteiger charge is -2.15. The fourth-order valence-corrected chi connectivity index (χ4v) is 3.40. The fourth-order valence-electron chi connectivity index (χ4n) is 2.33. The molecular formula is C15H15ClN8O3S. The Morgan fingerprint density at radius 1 is 1.25 bits per heavy atom. The van der Waals surface area contributed by atoms with Crippen LogP contribution in [0.5, 0.6) is 0 Å². The van der Waals surface area contributed by atoms with Crippen LogP contribution in [0.2, 0.25) is 5.02 Å². The van der Waals surface area contributed by atoms with Gasteiger partial charge in [-0.05, 0) is 31.2 Å². The number of carbonyl (C=O) groups is 1. The van der Waals surface area contributed by atoms with Gasteiger partial charge in [0.2, 0.25) is 10.0 Å². The summed E-state index contributed by atoms with van der Waals surface area (Å²) in [5.41, 5.74) is 0.200. The standard InChI is InChI=1S/C15H15ClN8O3S/c1-9(13-20-8-21-24(13)14-18-5-2-6-19-14)22-15(25)23-10-3-4-11(16)12(7-10)28(17,26)27/h2-9H,1H3,(H2,17,26,27)(H2,22,23,25). The number of anilines is 1. The van der Waals surface area contributed by atoms with E-state index in [0.29, 0.717) is 11.8 Å². The molecule has 0 saturated heterocycles. The van der Waals surface area contributed by atoms with Crippen LogP contribution in [0.25, 0.3) is 5.95 Å². The monoisotopic (exact) mass is 422 g/mol. The minimum Gasteiger partial charge on any atom is -0.328 e. The number of urea groups is 1. The summed E-state index contributed by atoms with van der Waals surface area (Å²) in [6.07, 6.45) is 4.43. The summed E-state index contributed by atoms with van der Waals surface area (Å²) in [5.74, 6) is 0.710. The molecule has 11 nitrogen and oxygen atoms in total. The van der Waals surface area contributed by atoms with Gasteiger partial charge in [-0.25, -0.2) is 33.3 Å². The molecule has 2 aromatic heterocycles. The van der Waals surface area contributed by atoms with Crippen molar-refractivity contribution in [3.05, 3.63) is 53.8 Å². The van der Waals surface area contributed by atoms with E-state index in [2.05, 4.69) is 30.7 Å². The van der Waals surface area contributed by atoms with E-state index in [4.69, 9.17) is 16.7 Å². The van der Waals surface area contributed by atoms with Gasteiger partial charge < -0.3 is 10.6 Å². The van der Waals surface area contributed by atoms with Crippen LogP contribution in [0.3, 0.4) is 0 Å². The second-order valence-electron chi connectivity index (χ2n) is 5.59. The first kappa shape index (κ1) is 19.7. The Bertz CT molecular complexity index is 1100. The molecule has 0 aliphatic carbocycles. The van der Waals surface area contributed by atoms with Gasteiger partial charge in [0.1, 0.15) is 11.2 Å². The van der Waals surface area contributed by atoms with E-state index in [1.807, 2.05) is 0 Å². The first-order valence-corrected chi connectivity index (χ1v) is 9.75. The van der Waals surface area contributed by atoms with E-state index in [-0.39, 0.29) is 15.6 Å². The number of sulfonamides is 1. The molecule has 146 valence electrons. The van der Waals surface area contributed by atoms with E-state index in [1.54, 1.807) is 25.4 Å². The predicted molar refractivity (Wildman–Crippen MR) is 100 cm³/mol. The summed E-state index contributed by atoms with van der Waals surface area (Å²) >= 11 is 5.83. The molecule has 3 rings (SSSR count). The molecule has 3 aromatic rings.